The zero-order valence-corrected chi connectivity index (χ0v) is 10.7. The fraction of sp³-hybridized carbons (Fsp3) is 0.267. The minimum absolute atomic E-state index is 0.00292. The van der Waals surface area contributed by atoms with Crippen LogP contribution in [-0.4, -0.2) is 17.6 Å². The standard InChI is InChI=1S/C15H15FN2O/c1-9-5-10(7-18-15(9)16)12-3-2-4-14-13(12)6-11(17)8-19-14/h2-5,7,11H,6,8,17H2,1H3/t11-/m0/s1. The number of hydrogen-bond donors (Lipinski definition) is 1. The third-order valence-electron chi connectivity index (χ3n) is 3.38. The number of halogens is 1. The molecule has 0 fully saturated rings. The van der Waals surface area contributed by atoms with Crippen LogP contribution in [0.15, 0.2) is 30.5 Å². The average Bonchev–Trinajstić information content (AvgIpc) is 2.41. The van der Waals surface area contributed by atoms with Gasteiger partial charge in [-0.2, -0.15) is 4.39 Å². The van der Waals surface area contributed by atoms with Gasteiger partial charge >= 0.3 is 0 Å². The fourth-order valence-corrected chi connectivity index (χ4v) is 2.41. The zero-order valence-electron chi connectivity index (χ0n) is 10.7. The van der Waals surface area contributed by atoms with E-state index in [9.17, 15) is 4.39 Å². The SMILES string of the molecule is Cc1cc(-c2cccc3c2C[C@H](N)CO3)cnc1F. The summed E-state index contributed by atoms with van der Waals surface area (Å²) in [5.41, 5.74) is 9.48. The lowest BCUT2D eigenvalue weighted by Gasteiger charge is -2.24. The molecule has 3 nitrogen and oxygen atoms in total. The molecule has 2 N–H and O–H groups in total. The number of pyridine rings is 1. The van der Waals surface area contributed by atoms with Gasteiger partial charge in [-0.3, -0.25) is 0 Å². The van der Waals surface area contributed by atoms with E-state index in [1.165, 1.54) is 0 Å². The van der Waals surface area contributed by atoms with Crippen molar-refractivity contribution in [2.24, 2.45) is 5.73 Å². The van der Waals surface area contributed by atoms with Crippen molar-refractivity contribution in [3.63, 3.8) is 0 Å². The van der Waals surface area contributed by atoms with E-state index in [-0.39, 0.29) is 6.04 Å². The molecule has 1 aliphatic rings. The van der Waals surface area contributed by atoms with Crippen LogP contribution in [0.5, 0.6) is 5.75 Å². The maximum atomic E-state index is 13.3. The van der Waals surface area contributed by atoms with Crippen molar-refractivity contribution in [1.29, 1.82) is 0 Å². The first kappa shape index (κ1) is 12.1. The summed E-state index contributed by atoms with van der Waals surface area (Å²) in [6, 6.07) is 7.67. The number of aromatic nitrogens is 1. The molecule has 0 unspecified atom stereocenters. The molecule has 0 amide bonds. The fourth-order valence-electron chi connectivity index (χ4n) is 2.41. The Labute approximate surface area is 111 Å². The second-order valence-corrected chi connectivity index (χ2v) is 4.89. The van der Waals surface area contributed by atoms with Crippen molar-refractivity contribution in [3.05, 3.63) is 47.5 Å². The highest BCUT2D eigenvalue weighted by atomic mass is 19.1. The monoisotopic (exact) mass is 258 g/mol. The quantitative estimate of drug-likeness (QED) is 0.799. The molecular weight excluding hydrogens is 243 g/mol. The molecule has 0 bridgehead atoms. The molecule has 1 aliphatic heterocycles. The first-order valence-corrected chi connectivity index (χ1v) is 6.28. The van der Waals surface area contributed by atoms with Crippen LogP contribution < -0.4 is 10.5 Å². The van der Waals surface area contributed by atoms with E-state index in [1.807, 2.05) is 18.2 Å². The van der Waals surface area contributed by atoms with E-state index in [0.717, 1.165) is 28.9 Å². The topological polar surface area (TPSA) is 48.1 Å². The largest absolute Gasteiger partial charge is 0.492 e. The van der Waals surface area contributed by atoms with Crippen LogP contribution in [0.2, 0.25) is 0 Å². The molecule has 1 aromatic carbocycles. The number of aryl methyl sites for hydroxylation is 1. The highest BCUT2D eigenvalue weighted by molar-refractivity contribution is 5.70. The van der Waals surface area contributed by atoms with Gasteiger partial charge in [0.05, 0.1) is 0 Å². The summed E-state index contributed by atoms with van der Waals surface area (Å²) in [6.07, 6.45) is 2.32. The van der Waals surface area contributed by atoms with Crippen LogP contribution in [0.3, 0.4) is 0 Å². The molecule has 3 rings (SSSR count). The Kier molecular flexibility index (Phi) is 2.95. The van der Waals surface area contributed by atoms with Gasteiger partial charge in [0, 0.05) is 28.9 Å². The first-order valence-electron chi connectivity index (χ1n) is 6.28. The van der Waals surface area contributed by atoms with Crippen LogP contribution in [0.4, 0.5) is 4.39 Å². The Balaban J connectivity index is 2.12. The van der Waals surface area contributed by atoms with Gasteiger partial charge in [0.1, 0.15) is 12.4 Å². The summed E-state index contributed by atoms with van der Waals surface area (Å²) in [4.78, 5) is 3.78. The minimum Gasteiger partial charge on any atom is -0.492 e. The highest BCUT2D eigenvalue weighted by Gasteiger charge is 2.20. The molecule has 0 saturated carbocycles. The smallest absolute Gasteiger partial charge is 0.215 e. The molecule has 0 saturated heterocycles. The first-order chi connectivity index (χ1) is 9.15. The van der Waals surface area contributed by atoms with Crippen molar-refractivity contribution in [1.82, 2.24) is 4.98 Å². The summed E-state index contributed by atoms with van der Waals surface area (Å²) < 4.78 is 18.9. The van der Waals surface area contributed by atoms with Gasteiger partial charge in [-0.05, 0) is 31.0 Å². The molecule has 2 aromatic rings. The second kappa shape index (κ2) is 4.63. The molecule has 1 aromatic heterocycles. The normalized spacial score (nSPS) is 17.7. The van der Waals surface area contributed by atoms with Gasteiger partial charge < -0.3 is 10.5 Å². The van der Waals surface area contributed by atoms with Crippen molar-refractivity contribution < 1.29 is 9.13 Å². The predicted molar refractivity (Wildman–Crippen MR) is 71.5 cm³/mol. The number of nitrogens with two attached hydrogens (primary N) is 1. The number of hydrogen-bond acceptors (Lipinski definition) is 3. The van der Waals surface area contributed by atoms with Crippen LogP contribution in [-0.2, 0) is 6.42 Å². The van der Waals surface area contributed by atoms with Gasteiger partial charge in [-0.1, -0.05) is 12.1 Å². The molecule has 19 heavy (non-hydrogen) atoms. The average molecular weight is 258 g/mol. The van der Waals surface area contributed by atoms with Crippen molar-refractivity contribution in [2.45, 2.75) is 19.4 Å². The number of nitrogens with zero attached hydrogens (tertiary/aromatic N) is 1. The van der Waals surface area contributed by atoms with E-state index >= 15 is 0 Å². The third-order valence-corrected chi connectivity index (χ3v) is 3.38. The summed E-state index contributed by atoms with van der Waals surface area (Å²) in [7, 11) is 0. The Bertz CT molecular complexity index is 628. The summed E-state index contributed by atoms with van der Waals surface area (Å²) in [6.45, 7) is 2.25. The third kappa shape index (κ3) is 2.19. The van der Waals surface area contributed by atoms with E-state index in [4.69, 9.17) is 10.5 Å². The van der Waals surface area contributed by atoms with Crippen molar-refractivity contribution in [2.75, 3.05) is 6.61 Å². The number of fused-ring (bicyclic) bond motifs is 1. The molecule has 0 spiro atoms. The Morgan fingerprint density at radius 1 is 1.42 bits per heavy atom. The van der Waals surface area contributed by atoms with Crippen molar-refractivity contribution in [3.8, 4) is 16.9 Å². The Morgan fingerprint density at radius 3 is 3.05 bits per heavy atom. The maximum Gasteiger partial charge on any atom is 0.215 e. The molecule has 2 heterocycles. The van der Waals surface area contributed by atoms with E-state index in [0.29, 0.717) is 12.2 Å². The van der Waals surface area contributed by atoms with Gasteiger partial charge in [-0.25, -0.2) is 4.98 Å². The van der Waals surface area contributed by atoms with E-state index in [2.05, 4.69) is 4.98 Å². The van der Waals surface area contributed by atoms with Gasteiger partial charge in [0.25, 0.3) is 0 Å². The summed E-state index contributed by atoms with van der Waals surface area (Å²) >= 11 is 0. The van der Waals surface area contributed by atoms with Crippen LogP contribution in [0, 0.1) is 12.9 Å². The van der Waals surface area contributed by atoms with Gasteiger partial charge in [0.2, 0.25) is 5.95 Å². The molecule has 0 radical (unpaired) electrons. The molecule has 98 valence electrons. The highest BCUT2D eigenvalue weighted by Crippen LogP contribution is 2.34. The molecule has 4 heteroatoms. The van der Waals surface area contributed by atoms with Gasteiger partial charge in [0.15, 0.2) is 0 Å². The lowest BCUT2D eigenvalue weighted by atomic mass is 9.93. The Morgan fingerprint density at radius 2 is 2.26 bits per heavy atom. The number of benzene rings is 1. The number of ether oxygens (including phenoxy) is 1. The van der Waals surface area contributed by atoms with Crippen molar-refractivity contribution >= 4 is 0 Å². The van der Waals surface area contributed by atoms with Crippen LogP contribution in [0.1, 0.15) is 11.1 Å². The van der Waals surface area contributed by atoms with Crippen LogP contribution in [0.25, 0.3) is 11.1 Å². The predicted octanol–water partition coefficient (Wildman–Crippen LogP) is 2.46. The minimum atomic E-state index is -0.429. The lowest BCUT2D eigenvalue weighted by molar-refractivity contribution is 0.264. The van der Waals surface area contributed by atoms with Gasteiger partial charge in [-0.15, -0.1) is 0 Å². The van der Waals surface area contributed by atoms with E-state index in [1.54, 1.807) is 19.2 Å². The zero-order chi connectivity index (χ0) is 13.4. The summed E-state index contributed by atoms with van der Waals surface area (Å²) in [5, 5.41) is 0. The van der Waals surface area contributed by atoms with Crippen LogP contribution >= 0.6 is 0 Å². The summed E-state index contributed by atoms with van der Waals surface area (Å²) in [5.74, 6) is 0.433. The molecule has 0 aliphatic carbocycles. The van der Waals surface area contributed by atoms with E-state index < -0.39 is 5.95 Å². The Hall–Kier alpha value is -1.94. The molecular formula is C15H15FN2O. The lowest BCUT2D eigenvalue weighted by Crippen LogP contribution is -2.34. The second-order valence-electron chi connectivity index (χ2n) is 4.89. The maximum absolute atomic E-state index is 13.3. The number of rotatable bonds is 1. The molecule has 1 atom stereocenters.